The zero-order chi connectivity index (χ0) is 17.5. The van der Waals surface area contributed by atoms with Crippen LogP contribution >= 0.6 is 0 Å². The van der Waals surface area contributed by atoms with Gasteiger partial charge < -0.3 is 31.1 Å². The monoisotopic (exact) mass is 340 g/mol. The molecule has 0 unspecified atom stereocenters. The molecular weight excluding hydrogens is 320 g/mol. The molecule has 0 aliphatic carbocycles. The summed E-state index contributed by atoms with van der Waals surface area (Å²) in [4.78, 5) is 50.2. The Balaban J connectivity index is 1.91. The number of rotatable bonds is 6. The van der Waals surface area contributed by atoms with E-state index in [1.54, 1.807) is 9.80 Å². The van der Waals surface area contributed by atoms with Gasteiger partial charge in [0.05, 0.1) is 0 Å². The molecular formula is C12H20N8O4. The summed E-state index contributed by atoms with van der Waals surface area (Å²) in [5, 5.41) is 11.6. The minimum atomic E-state index is -1.07. The molecule has 0 saturated carbocycles. The second-order valence-corrected chi connectivity index (χ2v) is 5.25. The number of nitrogens with zero attached hydrogens (tertiary/aromatic N) is 5. The molecule has 2 aliphatic heterocycles. The van der Waals surface area contributed by atoms with Crippen LogP contribution in [0.4, 0.5) is 19.2 Å². The Labute approximate surface area is 138 Å². The van der Waals surface area contributed by atoms with E-state index in [1.165, 1.54) is 4.90 Å². The van der Waals surface area contributed by atoms with Crippen molar-refractivity contribution in [1.82, 2.24) is 25.3 Å². The van der Waals surface area contributed by atoms with E-state index in [0.29, 0.717) is 39.3 Å². The molecule has 12 nitrogen and oxygen atoms in total. The van der Waals surface area contributed by atoms with Gasteiger partial charge in [-0.3, -0.25) is 0 Å². The number of hydrogen-bond acceptors (Lipinski definition) is 4. The summed E-state index contributed by atoms with van der Waals surface area (Å²) in [7, 11) is 0. The zero-order valence-corrected chi connectivity index (χ0v) is 13.1. The number of azo groups is 1. The molecule has 4 N–H and O–H groups in total. The lowest BCUT2D eigenvalue weighted by molar-refractivity contribution is 0.180. The van der Waals surface area contributed by atoms with E-state index in [-0.39, 0.29) is 25.2 Å². The van der Waals surface area contributed by atoms with E-state index in [0.717, 1.165) is 0 Å². The quantitative estimate of drug-likeness (QED) is 0.530. The first kappa shape index (κ1) is 17.4. The van der Waals surface area contributed by atoms with Crippen LogP contribution in [0.3, 0.4) is 0 Å². The van der Waals surface area contributed by atoms with Crippen molar-refractivity contribution in [2.24, 2.45) is 16.0 Å². The summed E-state index contributed by atoms with van der Waals surface area (Å²) in [6.07, 6.45) is 0. The third-order valence-corrected chi connectivity index (χ3v) is 3.67. The Hall–Kier alpha value is -2.92. The van der Waals surface area contributed by atoms with Crippen molar-refractivity contribution in [3.63, 3.8) is 0 Å². The van der Waals surface area contributed by atoms with E-state index < -0.39 is 12.1 Å². The van der Waals surface area contributed by atoms with Crippen molar-refractivity contribution in [3.8, 4) is 0 Å². The van der Waals surface area contributed by atoms with E-state index in [9.17, 15) is 19.2 Å². The van der Waals surface area contributed by atoms with Gasteiger partial charge in [0.2, 0.25) is 0 Å². The summed E-state index contributed by atoms with van der Waals surface area (Å²) in [6.45, 7) is 3.27. The van der Waals surface area contributed by atoms with Gasteiger partial charge in [0.15, 0.2) is 0 Å². The third-order valence-electron chi connectivity index (χ3n) is 3.67. The van der Waals surface area contributed by atoms with Crippen LogP contribution in [0.1, 0.15) is 0 Å². The van der Waals surface area contributed by atoms with E-state index >= 15 is 0 Å². The van der Waals surface area contributed by atoms with Gasteiger partial charge in [-0.25, -0.2) is 19.2 Å². The van der Waals surface area contributed by atoms with Crippen molar-refractivity contribution in [2.75, 3.05) is 52.4 Å². The highest BCUT2D eigenvalue weighted by Crippen LogP contribution is 2.03. The normalized spacial score (nSPS) is 17.3. The highest BCUT2D eigenvalue weighted by Gasteiger charge is 2.24. The lowest BCUT2D eigenvalue weighted by Crippen LogP contribution is -2.43. The Morgan fingerprint density at radius 3 is 1.88 bits per heavy atom. The van der Waals surface area contributed by atoms with E-state index in [1.807, 2.05) is 0 Å². The molecule has 12 heteroatoms. The summed E-state index contributed by atoms with van der Waals surface area (Å²) in [5.74, 6) is 0. The minimum absolute atomic E-state index is 0.194. The smallest absolute Gasteiger partial charge is 0.348 e. The zero-order valence-electron chi connectivity index (χ0n) is 13.1. The minimum Gasteiger partial charge on any atom is -0.348 e. The van der Waals surface area contributed by atoms with Crippen LogP contribution in [0.15, 0.2) is 10.2 Å². The first-order valence-electron chi connectivity index (χ1n) is 7.53. The Morgan fingerprint density at radius 2 is 1.50 bits per heavy atom. The number of amides is 8. The molecule has 2 fully saturated rings. The molecule has 2 heterocycles. The fourth-order valence-electron chi connectivity index (χ4n) is 2.39. The first-order valence-corrected chi connectivity index (χ1v) is 7.53. The SMILES string of the molecule is NC(=O)N=NC(=O)N(CCN1CCNC1=O)CCN1CCNC1=O. The molecule has 2 saturated heterocycles. The summed E-state index contributed by atoms with van der Waals surface area (Å²) in [6, 6.07) is -2.20. The predicted octanol–water partition coefficient (Wildman–Crippen LogP) is -1.01. The van der Waals surface area contributed by atoms with E-state index in [2.05, 4.69) is 20.9 Å². The van der Waals surface area contributed by atoms with Crippen molar-refractivity contribution >= 4 is 24.1 Å². The fraction of sp³-hybridized carbons (Fsp3) is 0.667. The molecule has 0 aromatic carbocycles. The topological polar surface area (TPSA) is 153 Å². The van der Waals surface area contributed by atoms with Gasteiger partial charge in [0, 0.05) is 52.4 Å². The fourth-order valence-corrected chi connectivity index (χ4v) is 2.39. The maximum Gasteiger partial charge on any atom is 0.362 e. The van der Waals surface area contributed by atoms with Gasteiger partial charge in [-0.2, -0.15) is 0 Å². The predicted molar refractivity (Wildman–Crippen MR) is 81.4 cm³/mol. The number of carbonyl (C=O) groups excluding carboxylic acids is 4. The number of primary amides is 1. The standard InChI is InChI=1S/C12H20N8O4/c13-9(21)16-17-12(24)20(7-5-18-3-1-14-10(18)22)8-6-19-4-2-15-11(19)23/h1-8H2,(H2,13,21)(H,14,22)(H,15,23). The van der Waals surface area contributed by atoms with Gasteiger partial charge in [0.1, 0.15) is 0 Å². The third kappa shape index (κ3) is 4.79. The van der Waals surface area contributed by atoms with Gasteiger partial charge in [-0.15, -0.1) is 0 Å². The van der Waals surface area contributed by atoms with Crippen molar-refractivity contribution in [2.45, 2.75) is 0 Å². The highest BCUT2D eigenvalue weighted by atomic mass is 16.2. The molecule has 24 heavy (non-hydrogen) atoms. The molecule has 2 rings (SSSR count). The van der Waals surface area contributed by atoms with Crippen LogP contribution in [0, 0.1) is 0 Å². The van der Waals surface area contributed by atoms with Crippen LogP contribution in [-0.4, -0.2) is 91.2 Å². The average molecular weight is 340 g/mol. The first-order chi connectivity index (χ1) is 11.5. The number of nitrogens with two attached hydrogens (primary N) is 1. The van der Waals surface area contributed by atoms with Gasteiger partial charge in [-0.1, -0.05) is 10.2 Å². The molecule has 0 bridgehead atoms. The second-order valence-electron chi connectivity index (χ2n) is 5.25. The molecule has 2 aliphatic rings. The van der Waals surface area contributed by atoms with Crippen molar-refractivity contribution in [1.29, 1.82) is 0 Å². The number of hydrogen-bond donors (Lipinski definition) is 3. The molecule has 0 aromatic rings. The molecule has 0 radical (unpaired) electrons. The maximum absolute atomic E-state index is 12.0. The summed E-state index contributed by atoms with van der Waals surface area (Å²) in [5.41, 5.74) is 4.83. The van der Waals surface area contributed by atoms with Gasteiger partial charge in [0.25, 0.3) is 0 Å². The maximum atomic E-state index is 12.0. The van der Waals surface area contributed by atoms with Gasteiger partial charge >= 0.3 is 24.1 Å². The van der Waals surface area contributed by atoms with Crippen LogP contribution in [0.5, 0.6) is 0 Å². The lowest BCUT2D eigenvalue weighted by Gasteiger charge is -2.25. The van der Waals surface area contributed by atoms with Crippen molar-refractivity contribution in [3.05, 3.63) is 0 Å². The Morgan fingerprint density at radius 1 is 1.00 bits per heavy atom. The summed E-state index contributed by atoms with van der Waals surface area (Å²) < 4.78 is 0. The molecule has 0 aromatic heterocycles. The largest absolute Gasteiger partial charge is 0.362 e. The van der Waals surface area contributed by atoms with E-state index in [4.69, 9.17) is 5.73 Å². The summed E-state index contributed by atoms with van der Waals surface area (Å²) >= 11 is 0. The van der Waals surface area contributed by atoms with Crippen LogP contribution in [0.25, 0.3) is 0 Å². The lowest BCUT2D eigenvalue weighted by atomic mass is 10.4. The van der Waals surface area contributed by atoms with Gasteiger partial charge in [-0.05, 0) is 0 Å². The Bertz CT molecular complexity index is 521. The van der Waals surface area contributed by atoms with Crippen molar-refractivity contribution < 1.29 is 19.2 Å². The van der Waals surface area contributed by atoms with Crippen LogP contribution in [0.2, 0.25) is 0 Å². The number of nitrogens with one attached hydrogen (secondary N) is 2. The second kappa shape index (κ2) is 8.08. The number of urea groups is 4. The molecule has 8 amide bonds. The van der Waals surface area contributed by atoms with Crippen LogP contribution < -0.4 is 16.4 Å². The number of carbonyl (C=O) groups is 4. The Kier molecular flexibility index (Phi) is 5.87. The van der Waals surface area contributed by atoms with Crippen LogP contribution in [-0.2, 0) is 0 Å². The highest BCUT2D eigenvalue weighted by molar-refractivity contribution is 5.79. The average Bonchev–Trinajstić information content (AvgIpc) is 3.13. The molecule has 132 valence electrons. The molecule has 0 atom stereocenters. The molecule has 0 spiro atoms.